The van der Waals surface area contributed by atoms with Gasteiger partial charge in [-0.15, -0.1) is 0 Å². The zero-order valence-electron chi connectivity index (χ0n) is 18.2. The molecule has 33 heavy (non-hydrogen) atoms. The number of nitrogens with zero attached hydrogens (tertiary/aromatic N) is 3. The van der Waals surface area contributed by atoms with Crippen molar-refractivity contribution in [2.75, 3.05) is 32.7 Å². The Kier molecular flexibility index (Phi) is 8.16. The predicted octanol–water partition coefficient (Wildman–Crippen LogP) is 3.79. The van der Waals surface area contributed by atoms with E-state index in [1.54, 1.807) is 25.1 Å². The third-order valence-corrected chi connectivity index (χ3v) is 7.05. The minimum absolute atomic E-state index is 0.0480. The minimum Gasteiger partial charge on any atom is -0.343 e. The van der Waals surface area contributed by atoms with Gasteiger partial charge in [-0.25, -0.2) is 0 Å². The smallest absolute Gasteiger partial charge is 0.343 e. The molecule has 2 heterocycles. The molecule has 6 nitrogen and oxygen atoms in total. The largest absolute Gasteiger partial charge is 0.391 e. The number of piperidine rings is 1. The first-order valence-electron chi connectivity index (χ1n) is 10.8. The van der Waals surface area contributed by atoms with E-state index < -0.39 is 18.1 Å². The van der Waals surface area contributed by atoms with Crippen LogP contribution in [0.4, 0.5) is 13.2 Å². The molecule has 2 aliphatic rings. The first-order chi connectivity index (χ1) is 15.5. The Morgan fingerprint density at radius 3 is 2.30 bits per heavy atom. The van der Waals surface area contributed by atoms with Gasteiger partial charge in [0.2, 0.25) is 17.7 Å². The van der Waals surface area contributed by atoms with E-state index in [9.17, 15) is 27.6 Å². The lowest BCUT2D eigenvalue weighted by molar-refractivity contribution is -0.186. The number of carbonyl (C=O) groups excluding carboxylic acids is 3. The fraction of sp³-hybridized carbons (Fsp3) is 0.591. The second kappa shape index (κ2) is 10.5. The van der Waals surface area contributed by atoms with Crippen molar-refractivity contribution in [2.45, 2.75) is 44.8 Å². The van der Waals surface area contributed by atoms with Gasteiger partial charge in [0.1, 0.15) is 6.04 Å². The Hall–Kier alpha value is -2.00. The van der Waals surface area contributed by atoms with E-state index in [1.807, 2.05) is 0 Å². The molecule has 1 atom stereocenters. The van der Waals surface area contributed by atoms with Crippen molar-refractivity contribution in [1.82, 2.24) is 14.7 Å². The van der Waals surface area contributed by atoms with Gasteiger partial charge in [-0.1, -0.05) is 29.3 Å². The third-order valence-electron chi connectivity index (χ3n) is 6.31. The van der Waals surface area contributed by atoms with Crippen molar-refractivity contribution in [3.8, 4) is 0 Å². The quantitative estimate of drug-likeness (QED) is 0.609. The molecule has 182 valence electrons. The van der Waals surface area contributed by atoms with E-state index in [-0.39, 0.29) is 63.0 Å². The first-order valence-corrected chi connectivity index (χ1v) is 11.6. The number of halogens is 5. The third kappa shape index (κ3) is 6.32. The maximum Gasteiger partial charge on any atom is 0.391 e. The number of rotatable bonds is 5. The van der Waals surface area contributed by atoms with Gasteiger partial charge < -0.3 is 14.7 Å². The average molecular weight is 508 g/mol. The molecule has 0 radical (unpaired) electrons. The summed E-state index contributed by atoms with van der Waals surface area (Å²) in [6, 6.07) is 4.26. The number of likely N-dealkylation sites (tertiary alicyclic amines) is 1. The monoisotopic (exact) mass is 507 g/mol. The highest BCUT2D eigenvalue weighted by molar-refractivity contribution is 6.42. The molecule has 0 saturated carbocycles. The summed E-state index contributed by atoms with van der Waals surface area (Å²) in [5.41, 5.74) is 0.691. The van der Waals surface area contributed by atoms with Crippen LogP contribution in [0.5, 0.6) is 0 Å². The maximum absolute atomic E-state index is 12.8. The second-order valence-electron chi connectivity index (χ2n) is 8.46. The molecule has 2 fully saturated rings. The van der Waals surface area contributed by atoms with Crippen molar-refractivity contribution < 1.29 is 27.6 Å². The van der Waals surface area contributed by atoms with E-state index >= 15 is 0 Å². The molecule has 2 aliphatic heterocycles. The number of amides is 3. The fourth-order valence-corrected chi connectivity index (χ4v) is 4.58. The molecule has 2 saturated heterocycles. The highest BCUT2D eigenvalue weighted by Crippen LogP contribution is 2.34. The SMILES string of the molecule is C[C@H]1C(=O)N(CCC(=O)N2CCC(C(F)(F)F)CC2)CCN1C(=O)Cc1ccc(Cl)c(Cl)c1. The average Bonchev–Trinajstić information content (AvgIpc) is 2.76. The number of benzene rings is 1. The topological polar surface area (TPSA) is 60.9 Å². The Bertz CT molecular complexity index is 905. The van der Waals surface area contributed by atoms with Crippen molar-refractivity contribution >= 4 is 40.9 Å². The summed E-state index contributed by atoms with van der Waals surface area (Å²) < 4.78 is 38.4. The Morgan fingerprint density at radius 2 is 1.70 bits per heavy atom. The number of hydrogen-bond donors (Lipinski definition) is 0. The lowest BCUT2D eigenvalue weighted by atomic mass is 9.96. The molecule has 0 unspecified atom stereocenters. The highest BCUT2D eigenvalue weighted by atomic mass is 35.5. The lowest BCUT2D eigenvalue weighted by Gasteiger charge is -2.39. The van der Waals surface area contributed by atoms with Gasteiger partial charge in [0, 0.05) is 39.1 Å². The summed E-state index contributed by atoms with van der Waals surface area (Å²) in [6.07, 6.45) is -4.28. The van der Waals surface area contributed by atoms with E-state index in [2.05, 4.69) is 0 Å². The van der Waals surface area contributed by atoms with Crippen LogP contribution in [-0.2, 0) is 20.8 Å². The normalized spacial score (nSPS) is 20.4. The van der Waals surface area contributed by atoms with Gasteiger partial charge in [-0.3, -0.25) is 14.4 Å². The molecule has 11 heteroatoms. The zero-order valence-corrected chi connectivity index (χ0v) is 19.7. The second-order valence-corrected chi connectivity index (χ2v) is 9.27. The van der Waals surface area contributed by atoms with Crippen LogP contribution in [0, 0.1) is 5.92 Å². The van der Waals surface area contributed by atoms with Gasteiger partial charge in [-0.2, -0.15) is 13.2 Å². The van der Waals surface area contributed by atoms with Crippen LogP contribution in [-0.4, -0.2) is 77.4 Å². The molecular weight excluding hydrogens is 482 g/mol. The van der Waals surface area contributed by atoms with E-state index in [0.717, 1.165) is 0 Å². The van der Waals surface area contributed by atoms with Crippen LogP contribution >= 0.6 is 23.2 Å². The Morgan fingerprint density at radius 1 is 1.03 bits per heavy atom. The summed E-state index contributed by atoms with van der Waals surface area (Å²) >= 11 is 11.9. The van der Waals surface area contributed by atoms with Crippen LogP contribution < -0.4 is 0 Å². The van der Waals surface area contributed by atoms with Crippen LogP contribution in [0.3, 0.4) is 0 Å². The van der Waals surface area contributed by atoms with Crippen LogP contribution in [0.2, 0.25) is 10.0 Å². The fourth-order valence-electron chi connectivity index (χ4n) is 4.26. The van der Waals surface area contributed by atoms with Crippen molar-refractivity contribution in [3.63, 3.8) is 0 Å². The number of carbonyl (C=O) groups is 3. The van der Waals surface area contributed by atoms with E-state index in [4.69, 9.17) is 23.2 Å². The van der Waals surface area contributed by atoms with Gasteiger partial charge in [0.15, 0.2) is 0 Å². The summed E-state index contributed by atoms with van der Waals surface area (Å²) in [6.45, 7) is 2.59. The first kappa shape index (κ1) is 25.6. The summed E-state index contributed by atoms with van der Waals surface area (Å²) in [4.78, 5) is 42.4. The maximum atomic E-state index is 12.8. The van der Waals surface area contributed by atoms with E-state index in [0.29, 0.717) is 28.7 Å². The molecule has 0 bridgehead atoms. The van der Waals surface area contributed by atoms with Gasteiger partial charge in [0.25, 0.3) is 0 Å². The van der Waals surface area contributed by atoms with Gasteiger partial charge >= 0.3 is 6.18 Å². The zero-order chi connectivity index (χ0) is 24.3. The minimum atomic E-state index is -4.23. The molecule has 0 aliphatic carbocycles. The van der Waals surface area contributed by atoms with Crippen molar-refractivity contribution in [2.24, 2.45) is 5.92 Å². The van der Waals surface area contributed by atoms with Crippen LogP contribution in [0.15, 0.2) is 18.2 Å². The molecule has 0 aromatic heterocycles. The predicted molar refractivity (Wildman–Crippen MR) is 118 cm³/mol. The van der Waals surface area contributed by atoms with Crippen LogP contribution in [0.1, 0.15) is 31.7 Å². The van der Waals surface area contributed by atoms with Crippen molar-refractivity contribution in [3.05, 3.63) is 33.8 Å². The molecule has 1 aromatic rings. The highest BCUT2D eigenvalue weighted by Gasteiger charge is 2.42. The Labute approximate surface area is 200 Å². The van der Waals surface area contributed by atoms with Crippen molar-refractivity contribution in [1.29, 1.82) is 0 Å². The molecule has 1 aromatic carbocycles. The van der Waals surface area contributed by atoms with Crippen LogP contribution in [0.25, 0.3) is 0 Å². The molecular formula is C22H26Cl2F3N3O3. The summed E-state index contributed by atoms with van der Waals surface area (Å²) in [7, 11) is 0. The van der Waals surface area contributed by atoms with Gasteiger partial charge in [0.05, 0.1) is 22.4 Å². The molecule has 0 spiro atoms. The van der Waals surface area contributed by atoms with Gasteiger partial charge in [-0.05, 0) is 37.5 Å². The number of hydrogen-bond acceptors (Lipinski definition) is 3. The number of piperazine rings is 1. The molecule has 3 rings (SSSR count). The lowest BCUT2D eigenvalue weighted by Crippen LogP contribution is -2.58. The molecule has 3 amide bonds. The number of alkyl halides is 3. The Balaban J connectivity index is 1.48. The van der Waals surface area contributed by atoms with E-state index in [1.165, 1.54) is 14.7 Å². The molecule has 0 N–H and O–H groups in total. The standard InChI is InChI=1S/C22H26Cl2F3N3O3/c1-14-21(33)29(9-6-19(31)28-7-4-16(5-8-28)22(25,26)27)10-11-30(14)20(32)13-15-2-3-17(23)18(24)12-15/h2-3,12,14,16H,4-11,13H2,1H3/t14-/m0/s1. The summed E-state index contributed by atoms with van der Waals surface area (Å²) in [5.74, 6) is -2.09. The summed E-state index contributed by atoms with van der Waals surface area (Å²) in [5, 5.41) is 0.743.